The predicted molar refractivity (Wildman–Crippen MR) is 110 cm³/mol. The van der Waals surface area contributed by atoms with E-state index >= 15 is 0 Å². The number of carbonyl (C=O) groups is 1. The molecule has 0 unspecified atom stereocenters. The largest absolute Gasteiger partial charge is 0.334 e. The Balaban J connectivity index is 1.93. The summed E-state index contributed by atoms with van der Waals surface area (Å²) in [5.74, 6) is -0.0937. The van der Waals surface area contributed by atoms with Crippen molar-refractivity contribution >= 4 is 28.4 Å². The summed E-state index contributed by atoms with van der Waals surface area (Å²) in [4.78, 5) is 30.3. The molecule has 0 fully saturated rings. The summed E-state index contributed by atoms with van der Waals surface area (Å²) in [7, 11) is 0. The SMILES string of the molecule is CCCCN(Cc1cc2cccc(C)c2[nH]c1=O)C(=O)c1ccc(Cl)cc1. The number of amides is 1. The van der Waals surface area contributed by atoms with Crippen molar-refractivity contribution in [2.24, 2.45) is 0 Å². The molecule has 0 aliphatic rings. The van der Waals surface area contributed by atoms with Crippen molar-refractivity contribution in [3.05, 3.63) is 80.6 Å². The van der Waals surface area contributed by atoms with Gasteiger partial charge in [-0.05, 0) is 54.6 Å². The Morgan fingerprint density at radius 2 is 1.89 bits per heavy atom. The van der Waals surface area contributed by atoms with Crippen molar-refractivity contribution in [1.29, 1.82) is 0 Å². The maximum Gasteiger partial charge on any atom is 0.254 e. The number of pyridine rings is 1. The fourth-order valence-electron chi connectivity index (χ4n) is 3.13. The van der Waals surface area contributed by atoms with Crippen LogP contribution in [0.3, 0.4) is 0 Å². The summed E-state index contributed by atoms with van der Waals surface area (Å²) >= 11 is 5.93. The van der Waals surface area contributed by atoms with Crippen molar-refractivity contribution in [3.63, 3.8) is 0 Å². The van der Waals surface area contributed by atoms with Gasteiger partial charge in [-0.3, -0.25) is 9.59 Å². The fraction of sp³-hybridized carbons (Fsp3) is 0.273. The van der Waals surface area contributed by atoms with Crippen LogP contribution in [-0.2, 0) is 6.54 Å². The quantitative estimate of drug-likeness (QED) is 0.657. The molecule has 3 rings (SSSR count). The number of carbonyl (C=O) groups excluding carboxylic acids is 1. The number of nitrogens with one attached hydrogen (secondary N) is 1. The molecule has 3 aromatic rings. The van der Waals surface area contributed by atoms with Crippen LogP contribution in [0.25, 0.3) is 10.9 Å². The third kappa shape index (κ3) is 4.40. The lowest BCUT2D eigenvalue weighted by Gasteiger charge is -2.23. The summed E-state index contributed by atoms with van der Waals surface area (Å²) in [6.45, 7) is 4.93. The predicted octanol–water partition coefficient (Wildman–Crippen LogP) is 4.93. The Labute approximate surface area is 163 Å². The number of aromatic amines is 1. The summed E-state index contributed by atoms with van der Waals surface area (Å²) < 4.78 is 0. The highest BCUT2D eigenvalue weighted by atomic mass is 35.5. The van der Waals surface area contributed by atoms with Gasteiger partial charge in [0.15, 0.2) is 0 Å². The van der Waals surface area contributed by atoms with Crippen LogP contribution in [0.4, 0.5) is 0 Å². The second kappa shape index (κ2) is 8.40. The van der Waals surface area contributed by atoms with Gasteiger partial charge in [0.25, 0.3) is 11.5 Å². The van der Waals surface area contributed by atoms with Crippen LogP contribution in [0, 0.1) is 6.92 Å². The first-order valence-electron chi connectivity index (χ1n) is 9.16. The van der Waals surface area contributed by atoms with Crippen molar-refractivity contribution < 1.29 is 4.79 Å². The standard InChI is InChI=1S/C22H23ClN2O2/c1-3-4-12-25(22(27)16-8-10-19(23)11-9-16)14-18-13-17-7-5-6-15(2)20(17)24-21(18)26/h5-11,13H,3-4,12,14H2,1-2H3,(H,24,26). The number of benzene rings is 2. The summed E-state index contributed by atoms with van der Waals surface area (Å²) in [6.07, 6.45) is 1.85. The van der Waals surface area contributed by atoms with E-state index in [1.54, 1.807) is 29.2 Å². The van der Waals surface area contributed by atoms with Crippen LogP contribution >= 0.6 is 11.6 Å². The van der Waals surface area contributed by atoms with Gasteiger partial charge in [-0.2, -0.15) is 0 Å². The minimum Gasteiger partial charge on any atom is -0.334 e. The normalized spacial score (nSPS) is 10.9. The zero-order valence-electron chi connectivity index (χ0n) is 15.6. The lowest BCUT2D eigenvalue weighted by molar-refractivity contribution is 0.0740. The smallest absolute Gasteiger partial charge is 0.254 e. The summed E-state index contributed by atoms with van der Waals surface area (Å²) in [5.41, 5.74) is 2.88. The van der Waals surface area contributed by atoms with Crippen LogP contribution in [0.5, 0.6) is 0 Å². The first-order chi connectivity index (χ1) is 13.0. The molecule has 1 heterocycles. The molecule has 4 nitrogen and oxygen atoms in total. The van der Waals surface area contributed by atoms with Gasteiger partial charge in [-0.1, -0.05) is 43.1 Å². The molecule has 1 amide bonds. The topological polar surface area (TPSA) is 53.2 Å². The number of H-pyrrole nitrogens is 1. The lowest BCUT2D eigenvalue weighted by atomic mass is 10.1. The number of halogens is 1. The molecular weight excluding hydrogens is 360 g/mol. The minimum absolute atomic E-state index is 0.0937. The molecule has 0 aliphatic heterocycles. The molecule has 0 aliphatic carbocycles. The lowest BCUT2D eigenvalue weighted by Crippen LogP contribution is -2.33. The molecule has 0 radical (unpaired) electrons. The molecule has 27 heavy (non-hydrogen) atoms. The summed E-state index contributed by atoms with van der Waals surface area (Å²) in [6, 6.07) is 14.6. The van der Waals surface area contributed by atoms with Gasteiger partial charge >= 0.3 is 0 Å². The van der Waals surface area contributed by atoms with E-state index < -0.39 is 0 Å². The molecule has 2 aromatic carbocycles. The molecule has 1 N–H and O–H groups in total. The average Bonchev–Trinajstić information content (AvgIpc) is 2.66. The number of hydrogen-bond donors (Lipinski definition) is 1. The summed E-state index contributed by atoms with van der Waals surface area (Å²) in [5, 5.41) is 1.56. The molecule has 0 bridgehead atoms. The Morgan fingerprint density at radius 1 is 1.15 bits per heavy atom. The van der Waals surface area contributed by atoms with E-state index in [0.29, 0.717) is 22.7 Å². The highest BCUT2D eigenvalue weighted by Crippen LogP contribution is 2.17. The van der Waals surface area contributed by atoms with Crippen LogP contribution in [0.2, 0.25) is 5.02 Å². The molecule has 5 heteroatoms. The monoisotopic (exact) mass is 382 g/mol. The molecule has 0 spiro atoms. The Hall–Kier alpha value is -2.59. The highest BCUT2D eigenvalue weighted by molar-refractivity contribution is 6.30. The molecule has 140 valence electrons. The molecule has 1 aromatic heterocycles. The molecular formula is C22H23ClN2O2. The second-order valence-electron chi connectivity index (χ2n) is 6.75. The maximum absolute atomic E-state index is 13.0. The average molecular weight is 383 g/mol. The van der Waals surface area contributed by atoms with Gasteiger partial charge in [0.2, 0.25) is 0 Å². The minimum atomic E-state index is -0.151. The van der Waals surface area contributed by atoms with Crippen LogP contribution in [0.15, 0.2) is 53.3 Å². The Kier molecular flexibility index (Phi) is 5.97. The van der Waals surface area contributed by atoms with Crippen LogP contribution in [0.1, 0.15) is 41.3 Å². The fourth-order valence-corrected chi connectivity index (χ4v) is 3.25. The zero-order chi connectivity index (χ0) is 19.4. The van der Waals surface area contributed by atoms with E-state index in [-0.39, 0.29) is 18.0 Å². The van der Waals surface area contributed by atoms with Crippen LogP contribution < -0.4 is 5.56 Å². The van der Waals surface area contributed by atoms with E-state index in [1.165, 1.54) is 0 Å². The van der Waals surface area contributed by atoms with Crippen molar-refractivity contribution in [3.8, 4) is 0 Å². The maximum atomic E-state index is 13.0. The van der Waals surface area contributed by atoms with E-state index in [9.17, 15) is 9.59 Å². The van der Waals surface area contributed by atoms with Crippen molar-refractivity contribution in [2.45, 2.75) is 33.2 Å². The van der Waals surface area contributed by atoms with Gasteiger partial charge in [0.05, 0.1) is 12.1 Å². The van der Waals surface area contributed by atoms with E-state index in [4.69, 9.17) is 11.6 Å². The number of aromatic nitrogens is 1. The zero-order valence-corrected chi connectivity index (χ0v) is 16.3. The second-order valence-corrected chi connectivity index (χ2v) is 7.19. The highest BCUT2D eigenvalue weighted by Gasteiger charge is 2.17. The number of unbranched alkanes of at least 4 members (excludes halogenated alkanes) is 1. The van der Waals surface area contributed by atoms with Gasteiger partial charge in [-0.15, -0.1) is 0 Å². The van der Waals surface area contributed by atoms with Crippen LogP contribution in [-0.4, -0.2) is 22.3 Å². The first-order valence-corrected chi connectivity index (χ1v) is 9.53. The Morgan fingerprint density at radius 3 is 2.59 bits per heavy atom. The van der Waals surface area contributed by atoms with Gasteiger partial charge in [0, 0.05) is 22.7 Å². The molecule has 0 saturated carbocycles. The third-order valence-electron chi connectivity index (χ3n) is 4.69. The molecule has 0 atom stereocenters. The molecule has 0 saturated heterocycles. The number of rotatable bonds is 6. The number of fused-ring (bicyclic) bond motifs is 1. The van der Waals surface area contributed by atoms with Gasteiger partial charge < -0.3 is 9.88 Å². The van der Waals surface area contributed by atoms with E-state index in [2.05, 4.69) is 11.9 Å². The van der Waals surface area contributed by atoms with Gasteiger partial charge in [0.1, 0.15) is 0 Å². The third-order valence-corrected chi connectivity index (χ3v) is 4.94. The van der Waals surface area contributed by atoms with Gasteiger partial charge in [-0.25, -0.2) is 0 Å². The number of aryl methyl sites for hydroxylation is 1. The first kappa shape index (κ1) is 19.2. The van der Waals surface area contributed by atoms with Crippen molar-refractivity contribution in [1.82, 2.24) is 9.88 Å². The van der Waals surface area contributed by atoms with E-state index in [1.807, 2.05) is 31.2 Å². The van der Waals surface area contributed by atoms with E-state index in [0.717, 1.165) is 29.3 Å². The Bertz CT molecular complexity index is 1010. The number of hydrogen-bond acceptors (Lipinski definition) is 2. The number of para-hydroxylation sites is 1. The van der Waals surface area contributed by atoms with Crippen molar-refractivity contribution in [2.75, 3.05) is 6.54 Å². The number of nitrogens with zero attached hydrogens (tertiary/aromatic N) is 1.